The van der Waals surface area contributed by atoms with Crippen molar-refractivity contribution in [2.45, 2.75) is 265 Å². The molecule has 0 bridgehead atoms. The van der Waals surface area contributed by atoms with Crippen LogP contribution >= 0.6 is 8.38 Å². The van der Waals surface area contributed by atoms with E-state index in [1.807, 2.05) is 38.0 Å². The summed E-state index contributed by atoms with van der Waals surface area (Å²) >= 11 is 0. The number of aliphatic hydroxyl groups excluding tert-OH is 8. The Balaban J connectivity index is 0.000000260. The molecule has 7 heterocycles. The first kappa shape index (κ1) is 109. The molecule has 5 saturated heterocycles. The third-order valence-corrected chi connectivity index (χ3v) is 27.5. The van der Waals surface area contributed by atoms with Crippen molar-refractivity contribution in [3.05, 3.63) is 70.8 Å². The molecule has 17 atom stereocenters. The molecule has 31 heteroatoms. The maximum Gasteiger partial charge on any atom is 0.306 e. The van der Waals surface area contributed by atoms with E-state index in [0.29, 0.717) is 124 Å². The molecule has 2 aliphatic carbocycles. The largest absolute Gasteiger partial charge is 0.461 e. The summed E-state index contributed by atoms with van der Waals surface area (Å²) in [4.78, 5) is 112. The molecule has 2 saturated carbocycles. The summed E-state index contributed by atoms with van der Waals surface area (Å²) < 4.78 is 23.6. The number of hydrogen-bond acceptors (Lipinski definition) is 28. The van der Waals surface area contributed by atoms with Gasteiger partial charge in [0, 0.05) is 141 Å². The predicted octanol–water partition coefficient (Wildman–Crippen LogP) is 8.56. The van der Waals surface area contributed by atoms with Gasteiger partial charge in [0.2, 0.25) is 8.38 Å². The summed E-state index contributed by atoms with van der Waals surface area (Å²) in [6, 6.07) is 15.8. The third kappa shape index (κ3) is 33.9. The Morgan fingerprint density at radius 1 is 0.468 bits per heavy atom. The Morgan fingerprint density at radius 2 is 0.944 bits per heavy atom. The molecular weight excluding hydrogens is 1610 g/mol. The summed E-state index contributed by atoms with van der Waals surface area (Å²) in [5, 5.41) is 83.4. The highest BCUT2D eigenvalue weighted by Crippen LogP contribution is 2.49. The lowest BCUT2D eigenvalue weighted by Crippen LogP contribution is -2.43. The minimum atomic E-state index is -1.11. The molecule has 704 valence electrons. The molecule has 11 rings (SSSR count). The van der Waals surface area contributed by atoms with E-state index in [0.717, 1.165) is 129 Å². The number of benzene rings is 2. The smallest absolute Gasteiger partial charge is 0.306 e. The molecule has 7 fully saturated rings. The molecule has 2 aromatic rings. The third-order valence-electron chi connectivity index (χ3n) is 25.3. The Hall–Kier alpha value is -5.76. The van der Waals surface area contributed by atoms with Gasteiger partial charge < -0.3 is 73.9 Å². The average molecular weight is 1770 g/mol. The highest BCUT2D eigenvalue weighted by molar-refractivity contribution is 7.47. The van der Waals surface area contributed by atoms with Gasteiger partial charge in [0.05, 0.1) is 97.4 Å². The number of Topliss-reactive ketones (excluding diaryl/α,β-unsaturated/α-hetero) is 2. The zero-order valence-corrected chi connectivity index (χ0v) is 78.2. The number of rotatable bonds is 39. The standard InChI is InChI=1S/C17H35N4O2P.2C15H18N2O4.2C14H25NO3.2C9H18O2/c1-7-11-21-13-15(8-2)16(14-21)23-24(22-12-9-10-18)17(19(3)4)20(5)6;18-9-10-7-16(8-13(10)19)5-6-17-14(20)11-3-1-2-4-12(11)15(17)21;18-9-12-13(19)5-6-16(12)7-8-17-14(20)10-3-1-2-4-11(10)15(17)21;1-4-9-15-10-8-13(12(15)5-2)18-14(17)7-6-11(3)16;1-4-8-15-9-12(5-2)13(10-15)18-14(17)7-6-11(3)16;1-2-3-7-4-8(6-10)9(11)5-7;1-2-3-7-4-5-9(11)8(7)6-10/h15-17H,7-9,11-14H2,1-6H3;1-4,10,13,18-19H,5-9H2;1-4,12-13,18-19H,5-9H2;2*12-13H,4-10H2,1-3H3;2*7-11H,2-6H2,1H3/t15-,16+,24?;10-,13-;2*12-,13-;12-,13+;7?,8-,9-;7?,8-,9+/m1010100/s1. The second-order valence-electron chi connectivity index (χ2n) is 35.3. The van der Waals surface area contributed by atoms with Crippen LogP contribution in [-0.4, -0.2) is 352 Å². The molecule has 9 aliphatic rings. The van der Waals surface area contributed by atoms with Gasteiger partial charge in [-0.05, 0) is 181 Å². The molecule has 124 heavy (non-hydrogen) atoms. The number of imide groups is 2. The van der Waals surface area contributed by atoms with Crippen LogP contribution < -0.4 is 0 Å². The molecule has 0 spiro atoms. The van der Waals surface area contributed by atoms with E-state index in [1.54, 1.807) is 48.5 Å². The summed E-state index contributed by atoms with van der Waals surface area (Å²) in [6.45, 7) is 32.5. The molecular formula is C93H157N10O20P. The second kappa shape index (κ2) is 58.0. The van der Waals surface area contributed by atoms with E-state index >= 15 is 0 Å². The van der Waals surface area contributed by atoms with Gasteiger partial charge in [-0.25, -0.2) is 0 Å². The fraction of sp³-hybridized carbons (Fsp3) is 0.774. The summed E-state index contributed by atoms with van der Waals surface area (Å²) in [5.74, 6) is 1.06. The molecule has 30 nitrogen and oxygen atoms in total. The zero-order chi connectivity index (χ0) is 91.7. The van der Waals surface area contributed by atoms with Crippen LogP contribution in [0.3, 0.4) is 0 Å². The lowest BCUT2D eigenvalue weighted by Gasteiger charge is -2.37. The number of nitrogens with zero attached hydrogens (tertiary/aromatic N) is 10. The van der Waals surface area contributed by atoms with Gasteiger partial charge in [-0.15, -0.1) is 0 Å². The van der Waals surface area contributed by atoms with Crippen molar-refractivity contribution < 1.29 is 97.7 Å². The number of likely N-dealkylation sites (tertiary alicyclic amines) is 5. The number of esters is 2. The minimum absolute atomic E-state index is 0.0148. The second-order valence-corrected chi connectivity index (χ2v) is 36.8. The first-order valence-electron chi connectivity index (χ1n) is 46.3. The normalized spacial score (nSPS) is 27.0. The molecule has 4 amide bonds. The average Bonchev–Trinajstić information content (AvgIpc) is 1.64. The number of hydrogen-bond donors (Lipinski definition) is 8. The van der Waals surface area contributed by atoms with Crippen molar-refractivity contribution in [2.24, 2.45) is 41.4 Å². The minimum Gasteiger partial charge on any atom is -0.461 e. The van der Waals surface area contributed by atoms with Crippen molar-refractivity contribution in [2.75, 3.05) is 159 Å². The number of carbonyl (C=O) groups is 8. The Bertz CT molecular complexity index is 3440. The van der Waals surface area contributed by atoms with Gasteiger partial charge in [0.15, 0.2) is 0 Å². The van der Waals surface area contributed by atoms with Crippen LogP contribution in [0.15, 0.2) is 48.5 Å². The van der Waals surface area contributed by atoms with E-state index in [1.165, 1.54) is 42.9 Å². The number of ether oxygens (including phenoxy) is 2. The van der Waals surface area contributed by atoms with Crippen LogP contribution in [0.5, 0.6) is 0 Å². The molecule has 2 aromatic carbocycles. The number of carbonyl (C=O) groups excluding carboxylic acids is 8. The summed E-state index contributed by atoms with van der Waals surface area (Å²) in [7, 11) is 7.08. The number of amides is 4. The Labute approximate surface area is 741 Å². The van der Waals surface area contributed by atoms with Crippen molar-refractivity contribution >= 4 is 55.5 Å². The van der Waals surface area contributed by atoms with Crippen LogP contribution in [0.4, 0.5) is 0 Å². The van der Waals surface area contributed by atoms with Crippen LogP contribution in [0.25, 0.3) is 0 Å². The first-order valence-corrected chi connectivity index (χ1v) is 47.5. The quantitative estimate of drug-likeness (QED) is 0.0102. The maximum atomic E-state index is 12.2. The molecule has 0 radical (unpaired) electrons. The fourth-order valence-corrected chi connectivity index (χ4v) is 20.4. The van der Waals surface area contributed by atoms with Crippen molar-refractivity contribution in [3.63, 3.8) is 0 Å². The van der Waals surface area contributed by atoms with Crippen LogP contribution in [0, 0.1) is 52.8 Å². The number of β-amino-alcohol motifs (C(OH)–C–C–N with tert-alkyl or cyclic N) is 1. The van der Waals surface area contributed by atoms with Crippen molar-refractivity contribution in [3.8, 4) is 6.07 Å². The van der Waals surface area contributed by atoms with E-state index in [-0.39, 0.29) is 153 Å². The van der Waals surface area contributed by atoms with Gasteiger partial charge in [-0.2, -0.15) is 5.26 Å². The molecule has 7 aliphatic heterocycles. The van der Waals surface area contributed by atoms with Gasteiger partial charge in [-0.3, -0.25) is 68.0 Å². The van der Waals surface area contributed by atoms with Gasteiger partial charge in [0.1, 0.15) is 29.7 Å². The van der Waals surface area contributed by atoms with Crippen molar-refractivity contribution in [1.29, 1.82) is 5.26 Å². The summed E-state index contributed by atoms with van der Waals surface area (Å²) in [6.07, 6.45) is 16.8. The number of fused-ring (bicyclic) bond motifs is 2. The van der Waals surface area contributed by atoms with E-state index in [9.17, 15) is 63.9 Å². The monoisotopic (exact) mass is 1770 g/mol. The fourth-order valence-electron chi connectivity index (χ4n) is 18.6. The SMILES string of the molecule is CCCC1CC[C@@H](O)[C@H]1CO.CCCC1C[C@@H](CO)[C@@H](O)C1.CCCN1CC[C@H](OC(=O)CCC(C)=O)[C@@H]1CC.CCCN1C[C@@H](CC)[C@@H](OC(=O)CCC(C)=O)C1.CCCN1C[C@@H](CC)[C@@H](OP(OCCC#N)C(N(C)C)N(C)C)C1.O=C1c2ccccc2C(=O)N1CCN1CC[C@@H](O)[C@H]1CO.O=C1c2ccccc2C(=O)N1CCN1C[C@@H](CO)[C@@H](O)C1. The van der Waals surface area contributed by atoms with E-state index in [4.69, 9.17) is 39.1 Å². The van der Waals surface area contributed by atoms with Crippen LogP contribution in [0.2, 0.25) is 0 Å². The maximum absolute atomic E-state index is 12.2. The Morgan fingerprint density at radius 3 is 1.39 bits per heavy atom. The summed E-state index contributed by atoms with van der Waals surface area (Å²) in [5.41, 5.74) is 1.81. The number of nitriles is 1. The van der Waals surface area contributed by atoms with E-state index in [2.05, 4.69) is 86.0 Å². The van der Waals surface area contributed by atoms with Crippen LogP contribution in [-0.2, 0) is 37.7 Å². The molecule has 3 unspecified atom stereocenters. The van der Waals surface area contributed by atoms with Gasteiger partial charge in [-0.1, -0.05) is 105 Å². The highest BCUT2D eigenvalue weighted by atomic mass is 31.2. The lowest BCUT2D eigenvalue weighted by atomic mass is 9.92. The van der Waals surface area contributed by atoms with Crippen molar-refractivity contribution in [1.82, 2.24) is 44.1 Å². The lowest BCUT2D eigenvalue weighted by molar-refractivity contribution is -0.151. The topological polar surface area (TPSA) is 388 Å². The van der Waals surface area contributed by atoms with Gasteiger partial charge in [0.25, 0.3) is 23.6 Å². The number of ketones is 2. The zero-order valence-electron chi connectivity index (χ0n) is 77.3. The van der Waals surface area contributed by atoms with Crippen LogP contribution in [0.1, 0.15) is 246 Å². The molecule has 8 N–H and O–H groups in total. The first-order chi connectivity index (χ1) is 59.4. The van der Waals surface area contributed by atoms with E-state index < -0.39 is 20.6 Å². The number of aliphatic hydroxyl groups is 8. The Kier molecular flexibility index (Phi) is 50.9. The van der Waals surface area contributed by atoms with Gasteiger partial charge >= 0.3 is 11.9 Å². The predicted molar refractivity (Wildman–Crippen MR) is 478 cm³/mol. The molecule has 0 aromatic heterocycles. The highest BCUT2D eigenvalue weighted by Gasteiger charge is 2.43.